The molecule has 0 saturated heterocycles. The molecule has 6 heteroatoms. The van der Waals surface area contributed by atoms with Gasteiger partial charge in [-0.2, -0.15) is 0 Å². The van der Waals surface area contributed by atoms with Crippen molar-refractivity contribution in [1.29, 1.82) is 0 Å². The van der Waals surface area contributed by atoms with Crippen LogP contribution in [0.15, 0.2) is 9.78 Å². The first-order valence-electron chi connectivity index (χ1n) is 9.56. The van der Waals surface area contributed by atoms with Crippen molar-refractivity contribution in [2.24, 2.45) is 33.7 Å². The number of hydrogen-bond donors (Lipinski definition) is 1. The molecule has 1 heterocycles. The lowest BCUT2D eigenvalue weighted by molar-refractivity contribution is -0.132. The molecule has 5 rings (SSSR count). The molecule has 25 heavy (non-hydrogen) atoms. The lowest BCUT2D eigenvalue weighted by atomic mass is 9.45. The maximum atomic E-state index is 12.7. The first-order chi connectivity index (χ1) is 12.0. The van der Waals surface area contributed by atoms with Gasteiger partial charge in [-0.15, -0.1) is 0 Å². The predicted molar refractivity (Wildman–Crippen MR) is 89.4 cm³/mol. The predicted octanol–water partition coefficient (Wildman–Crippen LogP) is 3.35. The summed E-state index contributed by atoms with van der Waals surface area (Å²) in [5.74, 6) is 1.96. The number of fused-ring (bicyclic) bond motifs is 7. The van der Waals surface area contributed by atoms with Crippen molar-refractivity contribution in [2.75, 3.05) is 0 Å². The van der Waals surface area contributed by atoms with Gasteiger partial charge < -0.3 is 5.21 Å². The van der Waals surface area contributed by atoms with Crippen molar-refractivity contribution in [3.8, 4) is 0 Å². The summed E-state index contributed by atoms with van der Waals surface area (Å²) in [6.07, 6.45) is 6.90. The van der Waals surface area contributed by atoms with Crippen molar-refractivity contribution in [1.82, 2.24) is 10.3 Å². The molecule has 2 unspecified atom stereocenters. The van der Waals surface area contributed by atoms with Crippen molar-refractivity contribution < 1.29 is 14.6 Å². The van der Waals surface area contributed by atoms with E-state index in [0.29, 0.717) is 35.8 Å². The minimum Gasteiger partial charge on any atom is -0.411 e. The fourth-order valence-electron chi connectivity index (χ4n) is 7.00. The number of carbonyl (C=O) groups excluding carboxylic acids is 1. The summed E-state index contributed by atoms with van der Waals surface area (Å²) in [6, 6.07) is 0. The standard InChI is InChI=1S/C19H25N3O3/c1-18-8-6-14-16(22-25-21-14)12(18)4-3-10-11(18)5-7-19(2)13(10)9-15(20-24)17(19)23/h10-13,24H,3-9H2,1-2H3/b20-15-/t10-,11?,12-,13?,18-,19+/m1/s1. The quantitative estimate of drug-likeness (QED) is 0.576. The van der Waals surface area contributed by atoms with Crippen LogP contribution in [0.5, 0.6) is 0 Å². The number of nitrogens with zero attached hydrogens (tertiary/aromatic N) is 3. The number of aromatic nitrogens is 2. The number of carbonyl (C=O) groups is 1. The highest BCUT2D eigenvalue weighted by Crippen LogP contribution is 2.66. The Morgan fingerprint density at radius 3 is 2.80 bits per heavy atom. The lowest BCUT2D eigenvalue weighted by Gasteiger charge is -2.58. The van der Waals surface area contributed by atoms with Gasteiger partial charge in [0.15, 0.2) is 5.78 Å². The highest BCUT2D eigenvalue weighted by atomic mass is 16.6. The third-order valence-electron chi connectivity index (χ3n) is 8.39. The van der Waals surface area contributed by atoms with Crippen LogP contribution < -0.4 is 0 Å². The molecule has 1 N–H and O–H groups in total. The van der Waals surface area contributed by atoms with E-state index in [1.807, 2.05) is 0 Å². The second-order valence-corrected chi connectivity index (χ2v) is 9.14. The Bertz CT molecular complexity index is 772. The van der Waals surface area contributed by atoms with Crippen LogP contribution in [-0.4, -0.2) is 27.0 Å². The van der Waals surface area contributed by atoms with E-state index in [9.17, 15) is 10.0 Å². The van der Waals surface area contributed by atoms with Crippen LogP contribution in [0.4, 0.5) is 0 Å². The van der Waals surface area contributed by atoms with Gasteiger partial charge in [-0.3, -0.25) is 4.79 Å². The third kappa shape index (κ3) is 1.80. The molecule has 1 aromatic heterocycles. The van der Waals surface area contributed by atoms with E-state index in [-0.39, 0.29) is 16.6 Å². The zero-order valence-corrected chi connectivity index (χ0v) is 14.9. The zero-order valence-electron chi connectivity index (χ0n) is 14.9. The van der Waals surface area contributed by atoms with Crippen LogP contribution in [0.3, 0.4) is 0 Å². The summed E-state index contributed by atoms with van der Waals surface area (Å²) in [7, 11) is 0. The molecule has 0 aliphatic heterocycles. The topological polar surface area (TPSA) is 88.6 Å². The second kappa shape index (κ2) is 4.92. The summed E-state index contributed by atoms with van der Waals surface area (Å²) >= 11 is 0. The molecule has 0 spiro atoms. The van der Waals surface area contributed by atoms with Gasteiger partial charge in [-0.1, -0.05) is 29.3 Å². The van der Waals surface area contributed by atoms with Crippen molar-refractivity contribution >= 4 is 11.5 Å². The zero-order chi connectivity index (χ0) is 17.4. The van der Waals surface area contributed by atoms with Gasteiger partial charge in [0.1, 0.15) is 17.1 Å². The molecule has 1 aromatic rings. The third-order valence-corrected chi connectivity index (χ3v) is 8.39. The molecule has 0 aromatic carbocycles. The molecule has 6 atom stereocenters. The molecule has 0 bridgehead atoms. The van der Waals surface area contributed by atoms with Gasteiger partial charge in [0, 0.05) is 17.8 Å². The first-order valence-corrected chi connectivity index (χ1v) is 9.56. The van der Waals surface area contributed by atoms with Crippen LogP contribution in [0.1, 0.15) is 69.7 Å². The average molecular weight is 343 g/mol. The molecule has 3 saturated carbocycles. The van der Waals surface area contributed by atoms with E-state index < -0.39 is 0 Å². The minimum atomic E-state index is -0.332. The molecule has 0 amide bonds. The van der Waals surface area contributed by atoms with Gasteiger partial charge in [0.25, 0.3) is 0 Å². The molecular weight excluding hydrogens is 318 g/mol. The average Bonchev–Trinajstić information content (AvgIpc) is 3.17. The Hall–Kier alpha value is -1.72. The van der Waals surface area contributed by atoms with E-state index in [2.05, 4.69) is 29.3 Å². The molecule has 4 aliphatic carbocycles. The monoisotopic (exact) mass is 343 g/mol. The van der Waals surface area contributed by atoms with Crippen LogP contribution in [-0.2, 0) is 11.2 Å². The van der Waals surface area contributed by atoms with Gasteiger partial charge in [0.05, 0.1) is 0 Å². The Balaban J connectivity index is 1.52. The van der Waals surface area contributed by atoms with Crippen LogP contribution in [0, 0.1) is 28.6 Å². The number of aryl methyl sites for hydroxylation is 1. The van der Waals surface area contributed by atoms with Crippen LogP contribution >= 0.6 is 0 Å². The molecular formula is C19H25N3O3. The van der Waals surface area contributed by atoms with E-state index >= 15 is 0 Å². The van der Waals surface area contributed by atoms with Gasteiger partial charge in [0.2, 0.25) is 0 Å². The Morgan fingerprint density at radius 1 is 1.16 bits per heavy atom. The smallest absolute Gasteiger partial charge is 0.186 e. The van der Waals surface area contributed by atoms with E-state index in [1.165, 1.54) is 0 Å². The summed E-state index contributed by atoms with van der Waals surface area (Å²) in [4.78, 5) is 12.7. The van der Waals surface area contributed by atoms with Crippen molar-refractivity contribution in [2.45, 2.75) is 64.7 Å². The largest absolute Gasteiger partial charge is 0.411 e. The Kier molecular flexibility index (Phi) is 3.06. The molecule has 134 valence electrons. The SMILES string of the molecule is C[C@]12CCC3[C@@H](CC[C@@H]4c5nonc5CC[C@]34C)C1C/C(=N/O)C2=O. The summed E-state index contributed by atoms with van der Waals surface area (Å²) < 4.78 is 5.04. The minimum absolute atomic E-state index is 0.0809. The first kappa shape index (κ1) is 15.5. The van der Waals surface area contributed by atoms with Gasteiger partial charge in [-0.25, -0.2) is 4.63 Å². The van der Waals surface area contributed by atoms with Crippen molar-refractivity contribution in [3.05, 3.63) is 11.4 Å². The van der Waals surface area contributed by atoms with Gasteiger partial charge >= 0.3 is 0 Å². The van der Waals surface area contributed by atoms with Crippen LogP contribution in [0.2, 0.25) is 0 Å². The normalized spacial score (nSPS) is 47.1. The van der Waals surface area contributed by atoms with Crippen molar-refractivity contribution in [3.63, 3.8) is 0 Å². The maximum absolute atomic E-state index is 12.7. The number of ketones is 1. The Labute approximate surface area is 147 Å². The number of hydrogen-bond acceptors (Lipinski definition) is 6. The Morgan fingerprint density at radius 2 is 2.00 bits per heavy atom. The number of Topliss-reactive ketones (excluding diaryl/α,β-unsaturated/α-hetero) is 1. The highest BCUT2D eigenvalue weighted by molar-refractivity contribution is 6.43. The van der Waals surface area contributed by atoms with Crippen LogP contribution in [0.25, 0.3) is 0 Å². The van der Waals surface area contributed by atoms with E-state index in [0.717, 1.165) is 49.9 Å². The molecule has 6 nitrogen and oxygen atoms in total. The molecule has 4 aliphatic rings. The van der Waals surface area contributed by atoms with E-state index in [1.54, 1.807) is 0 Å². The maximum Gasteiger partial charge on any atom is 0.186 e. The summed E-state index contributed by atoms with van der Waals surface area (Å²) in [6.45, 7) is 4.52. The molecule has 3 fully saturated rings. The second-order valence-electron chi connectivity index (χ2n) is 9.14. The van der Waals surface area contributed by atoms with Gasteiger partial charge in [-0.05, 0) is 61.7 Å². The summed E-state index contributed by atoms with van der Waals surface area (Å²) in [5, 5.41) is 20.9. The van der Waals surface area contributed by atoms with E-state index in [4.69, 9.17) is 4.63 Å². The highest BCUT2D eigenvalue weighted by Gasteiger charge is 2.62. The number of rotatable bonds is 0. The molecule has 0 radical (unpaired) electrons. The lowest BCUT2D eigenvalue weighted by Crippen LogP contribution is -2.52. The number of oxime groups is 1. The summed E-state index contributed by atoms with van der Waals surface area (Å²) in [5.41, 5.74) is 2.40. The fourth-order valence-corrected chi connectivity index (χ4v) is 7.00. The fraction of sp³-hybridized carbons (Fsp3) is 0.789.